The third kappa shape index (κ3) is 2.26. The number of aryl methyl sites for hydroxylation is 3. The fraction of sp³-hybridized carbons (Fsp3) is 0.286. The van der Waals surface area contributed by atoms with Crippen molar-refractivity contribution < 1.29 is 0 Å². The first-order valence-electron chi connectivity index (χ1n) is 6.73. The van der Waals surface area contributed by atoms with E-state index in [2.05, 4.69) is 19.9 Å². The van der Waals surface area contributed by atoms with Gasteiger partial charge in [-0.2, -0.15) is 0 Å². The molecule has 21 heavy (non-hydrogen) atoms. The molecule has 0 aromatic carbocycles. The molecule has 106 valence electrons. The standard InChI is InChI=1S/C14H12N4OS2/c1-7-16-12-11(8-3-2-4-9(8)20-12)13(17-7)21-14-15-6-5-10(19)18-14/h5-6H,2-4H2,1H3,(H,15,18,19). The first kappa shape index (κ1) is 13.0. The molecule has 0 saturated carbocycles. The zero-order valence-corrected chi connectivity index (χ0v) is 13.0. The lowest BCUT2D eigenvalue weighted by atomic mass is 10.2. The minimum absolute atomic E-state index is 0.148. The van der Waals surface area contributed by atoms with Crippen molar-refractivity contribution in [1.82, 2.24) is 19.9 Å². The number of aromatic nitrogens is 4. The fourth-order valence-corrected chi connectivity index (χ4v) is 4.95. The molecule has 0 atom stereocenters. The molecular formula is C14H12N4OS2. The third-order valence-corrected chi connectivity index (χ3v) is 5.56. The second-order valence-corrected chi connectivity index (χ2v) is 7.02. The number of nitrogens with zero attached hydrogens (tertiary/aromatic N) is 3. The van der Waals surface area contributed by atoms with Crippen molar-refractivity contribution >= 4 is 33.3 Å². The van der Waals surface area contributed by atoms with E-state index in [1.807, 2.05) is 6.92 Å². The van der Waals surface area contributed by atoms with Crippen LogP contribution in [0.15, 0.2) is 27.2 Å². The number of rotatable bonds is 2. The van der Waals surface area contributed by atoms with Gasteiger partial charge in [-0.25, -0.2) is 15.0 Å². The summed E-state index contributed by atoms with van der Waals surface area (Å²) in [6.45, 7) is 1.90. The summed E-state index contributed by atoms with van der Waals surface area (Å²) in [5, 5.41) is 2.61. The van der Waals surface area contributed by atoms with Gasteiger partial charge in [0.15, 0.2) is 5.16 Å². The molecule has 1 N–H and O–H groups in total. The molecule has 0 amide bonds. The summed E-state index contributed by atoms with van der Waals surface area (Å²) in [6.07, 6.45) is 4.95. The normalized spacial score (nSPS) is 13.8. The average Bonchev–Trinajstić information content (AvgIpc) is 2.98. The second-order valence-electron chi connectivity index (χ2n) is 4.95. The molecule has 0 spiro atoms. The van der Waals surface area contributed by atoms with Gasteiger partial charge in [-0.05, 0) is 43.5 Å². The van der Waals surface area contributed by atoms with Crippen LogP contribution in [0.4, 0.5) is 0 Å². The Bertz CT molecular complexity index is 900. The number of nitrogens with one attached hydrogen (secondary N) is 1. The van der Waals surface area contributed by atoms with Gasteiger partial charge in [-0.15, -0.1) is 11.3 Å². The summed E-state index contributed by atoms with van der Waals surface area (Å²) < 4.78 is 0. The predicted octanol–water partition coefficient (Wildman–Crippen LogP) is 2.72. The zero-order valence-electron chi connectivity index (χ0n) is 11.3. The summed E-state index contributed by atoms with van der Waals surface area (Å²) in [7, 11) is 0. The molecule has 5 nitrogen and oxygen atoms in total. The molecule has 7 heteroatoms. The van der Waals surface area contributed by atoms with Gasteiger partial charge in [0, 0.05) is 22.5 Å². The van der Waals surface area contributed by atoms with Crippen molar-refractivity contribution in [2.45, 2.75) is 36.4 Å². The lowest BCUT2D eigenvalue weighted by Gasteiger charge is -2.04. The van der Waals surface area contributed by atoms with Crippen molar-refractivity contribution in [2.75, 3.05) is 0 Å². The Kier molecular flexibility index (Phi) is 3.04. The number of hydrogen-bond donors (Lipinski definition) is 1. The van der Waals surface area contributed by atoms with Crippen LogP contribution in [0.2, 0.25) is 0 Å². The molecule has 0 bridgehead atoms. The number of hydrogen-bond acceptors (Lipinski definition) is 6. The Balaban J connectivity index is 1.89. The Morgan fingerprint density at radius 1 is 1.33 bits per heavy atom. The monoisotopic (exact) mass is 316 g/mol. The Morgan fingerprint density at radius 3 is 3.10 bits per heavy atom. The smallest absolute Gasteiger partial charge is 0.251 e. The maximum absolute atomic E-state index is 11.4. The molecule has 0 aliphatic heterocycles. The molecule has 0 fully saturated rings. The number of aromatic amines is 1. The van der Waals surface area contributed by atoms with Crippen molar-refractivity contribution in [1.29, 1.82) is 0 Å². The largest absolute Gasteiger partial charge is 0.301 e. The van der Waals surface area contributed by atoms with Crippen molar-refractivity contribution in [2.24, 2.45) is 0 Å². The number of thiophene rings is 1. The topological polar surface area (TPSA) is 71.5 Å². The molecule has 0 unspecified atom stereocenters. The third-order valence-electron chi connectivity index (χ3n) is 3.48. The van der Waals surface area contributed by atoms with Crippen LogP contribution in [-0.4, -0.2) is 19.9 Å². The fourth-order valence-electron chi connectivity index (χ4n) is 2.63. The molecule has 3 aromatic heterocycles. The highest BCUT2D eigenvalue weighted by Crippen LogP contribution is 2.41. The van der Waals surface area contributed by atoms with Gasteiger partial charge >= 0.3 is 0 Å². The maximum atomic E-state index is 11.4. The zero-order chi connectivity index (χ0) is 14.4. The van der Waals surface area contributed by atoms with Crippen molar-refractivity contribution in [3.63, 3.8) is 0 Å². The van der Waals surface area contributed by atoms with E-state index in [0.717, 1.165) is 33.9 Å². The van der Waals surface area contributed by atoms with Gasteiger partial charge < -0.3 is 4.98 Å². The molecular weight excluding hydrogens is 304 g/mol. The molecule has 1 aliphatic rings. The summed E-state index contributed by atoms with van der Waals surface area (Å²) in [6, 6.07) is 1.41. The van der Waals surface area contributed by atoms with E-state index in [9.17, 15) is 4.79 Å². The highest BCUT2D eigenvalue weighted by Gasteiger charge is 2.22. The van der Waals surface area contributed by atoms with Gasteiger partial charge in [-0.1, -0.05) is 0 Å². The van der Waals surface area contributed by atoms with Crippen LogP contribution in [0.3, 0.4) is 0 Å². The predicted molar refractivity (Wildman–Crippen MR) is 83.2 cm³/mol. The molecule has 3 heterocycles. The molecule has 4 rings (SSSR count). The minimum Gasteiger partial charge on any atom is -0.301 e. The van der Waals surface area contributed by atoms with Crippen molar-refractivity contribution in [3.8, 4) is 0 Å². The van der Waals surface area contributed by atoms with Gasteiger partial charge in [0.05, 0.1) is 0 Å². The van der Waals surface area contributed by atoms with E-state index in [1.54, 1.807) is 11.3 Å². The van der Waals surface area contributed by atoms with Gasteiger partial charge in [-0.3, -0.25) is 4.79 Å². The highest BCUT2D eigenvalue weighted by molar-refractivity contribution is 7.99. The Morgan fingerprint density at radius 2 is 2.24 bits per heavy atom. The molecule has 0 radical (unpaired) electrons. The first-order chi connectivity index (χ1) is 10.2. The lowest BCUT2D eigenvalue weighted by Crippen LogP contribution is -2.05. The van der Waals surface area contributed by atoms with Crippen LogP contribution in [-0.2, 0) is 12.8 Å². The summed E-state index contributed by atoms with van der Waals surface area (Å²) >= 11 is 3.18. The van der Waals surface area contributed by atoms with Crippen LogP contribution in [0.1, 0.15) is 22.7 Å². The van der Waals surface area contributed by atoms with E-state index in [4.69, 9.17) is 0 Å². The van der Waals surface area contributed by atoms with Gasteiger partial charge in [0.25, 0.3) is 5.56 Å². The van der Waals surface area contributed by atoms with E-state index in [0.29, 0.717) is 5.16 Å². The molecule has 3 aromatic rings. The summed E-state index contributed by atoms with van der Waals surface area (Å²) in [4.78, 5) is 30.0. The molecule has 1 aliphatic carbocycles. The van der Waals surface area contributed by atoms with E-state index in [1.165, 1.54) is 40.9 Å². The molecule has 0 saturated heterocycles. The van der Waals surface area contributed by atoms with Crippen LogP contribution in [0.25, 0.3) is 10.2 Å². The SMILES string of the molecule is Cc1nc(Sc2nccc(=O)[nH]2)c2c3c(sc2n1)CCC3. The summed E-state index contributed by atoms with van der Waals surface area (Å²) in [5.74, 6) is 0.753. The average molecular weight is 316 g/mol. The van der Waals surface area contributed by atoms with Crippen molar-refractivity contribution in [3.05, 3.63) is 38.9 Å². The first-order valence-corrected chi connectivity index (χ1v) is 8.36. The minimum atomic E-state index is -0.148. The number of fused-ring (bicyclic) bond motifs is 3. The van der Waals surface area contributed by atoms with Gasteiger partial charge in [0.2, 0.25) is 0 Å². The van der Waals surface area contributed by atoms with Crippen LogP contribution in [0.5, 0.6) is 0 Å². The van der Waals surface area contributed by atoms with Crippen LogP contribution in [0, 0.1) is 6.92 Å². The quantitative estimate of drug-likeness (QED) is 0.581. The highest BCUT2D eigenvalue weighted by atomic mass is 32.2. The van der Waals surface area contributed by atoms with Crippen LogP contribution >= 0.6 is 23.1 Å². The lowest BCUT2D eigenvalue weighted by molar-refractivity contribution is 0.911. The Labute approximate surface area is 128 Å². The Hall–Kier alpha value is -1.73. The van der Waals surface area contributed by atoms with Crippen LogP contribution < -0.4 is 5.56 Å². The maximum Gasteiger partial charge on any atom is 0.251 e. The van der Waals surface area contributed by atoms with E-state index in [-0.39, 0.29) is 5.56 Å². The van der Waals surface area contributed by atoms with Gasteiger partial charge in [0.1, 0.15) is 15.7 Å². The summed E-state index contributed by atoms with van der Waals surface area (Å²) in [5.41, 5.74) is 1.24. The second kappa shape index (κ2) is 4.92. The van der Waals surface area contributed by atoms with E-state index < -0.39 is 0 Å². The number of H-pyrrole nitrogens is 1. The van der Waals surface area contributed by atoms with E-state index >= 15 is 0 Å².